The summed E-state index contributed by atoms with van der Waals surface area (Å²) in [5.74, 6) is 1.33. The standard InChI is InChI=1S/C15H21BrN2O/c1-11-8-12(6-7-17-11)15(19)18-10-14-5-3-2-4-13(14)9-16/h6-8,13-14H,2-5,9-10H2,1H3,(H,18,19). The van der Waals surface area contributed by atoms with E-state index in [1.54, 1.807) is 12.3 Å². The summed E-state index contributed by atoms with van der Waals surface area (Å²) in [6.45, 7) is 2.69. The normalized spacial score (nSPS) is 23.1. The van der Waals surface area contributed by atoms with Gasteiger partial charge in [0.25, 0.3) is 5.91 Å². The number of aryl methyl sites for hydroxylation is 1. The molecule has 2 atom stereocenters. The van der Waals surface area contributed by atoms with Gasteiger partial charge in [-0.2, -0.15) is 0 Å². The Balaban J connectivity index is 1.89. The lowest BCUT2D eigenvalue weighted by molar-refractivity contribution is 0.0937. The Morgan fingerprint density at radius 1 is 1.42 bits per heavy atom. The maximum atomic E-state index is 12.1. The van der Waals surface area contributed by atoms with Crippen LogP contribution in [0.2, 0.25) is 0 Å². The first kappa shape index (κ1) is 14.5. The number of hydrogen-bond donors (Lipinski definition) is 1. The second-order valence-electron chi connectivity index (χ2n) is 5.35. The molecule has 0 radical (unpaired) electrons. The van der Waals surface area contributed by atoms with E-state index >= 15 is 0 Å². The van der Waals surface area contributed by atoms with Gasteiger partial charge in [-0.25, -0.2) is 0 Å². The van der Waals surface area contributed by atoms with Gasteiger partial charge in [0.2, 0.25) is 0 Å². The number of alkyl halides is 1. The van der Waals surface area contributed by atoms with E-state index in [0.717, 1.165) is 17.6 Å². The molecule has 1 saturated carbocycles. The van der Waals surface area contributed by atoms with Gasteiger partial charge >= 0.3 is 0 Å². The van der Waals surface area contributed by atoms with Gasteiger partial charge in [0, 0.05) is 29.3 Å². The number of rotatable bonds is 4. The van der Waals surface area contributed by atoms with Crippen molar-refractivity contribution in [2.24, 2.45) is 11.8 Å². The first-order valence-electron chi connectivity index (χ1n) is 6.97. The maximum absolute atomic E-state index is 12.1. The molecule has 2 rings (SSSR count). The number of pyridine rings is 1. The number of aromatic nitrogens is 1. The molecule has 104 valence electrons. The molecule has 3 nitrogen and oxygen atoms in total. The highest BCUT2D eigenvalue weighted by molar-refractivity contribution is 9.09. The lowest BCUT2D eigenvalue weighted by Crippen LogP contribution is -2.34. The maximum Gasteiger partial charge on any atom is 0.251 e. The molecule has 1 fully saturated rings. The summed E-state index contributed by atoms with van der Waals surface area (Å²) in [5, 5.41) is 4.12. The fourth-order valence-corrected chi connectivity index (χ4v) is 3.62. The summed E-state index contributed by atoms with van der Waals surface area (Å²) in [6.07, 6.45) is 6.81. The van der Waals surface area contributed by atoms with Gasteiger partial charge in [-0.1, -0.05) is 28.8 Å². The Morgan fingerprint density at radius 3 is 2.84 bits per heavy atom. The van der Waals surface area contributed by atoms with E-state index in [2.05, 4.69) is 26.2 Å². The molecule has 1 aromatic rings. The van der Waals surface area contributed by atoms with Crippen molar-refractivity contribution < 1.29 is 4.79 Å². The molecule has 0 aliphatic heterocycles. The van der Waals surface area contributed by atoms with Crippen molar-refractivity contribution in [3.8, 4) is 0 Å². The fourth-order valence-electron chi connectivity index (χ4n) is 2.77. The molecule has 0 bridgehead atoms. The molecule has 0 spiro atoms. The molecule has 0 aromatic carbocycles. The summed E-state index contributed by atoms with van der Waals surface area (Å²) in [5.41, 5.74) is 1.59. The Kier molecular flexibility index (Phi) is 5.37. The summed E-state index contributed by atoms with van der Waals surface area (Å²) in [4.78, 5) is 16.2. The van der Waals surface area contributed by atoms with E-state index < -0.39 is 0 Å². The minimum absolute atomic E-state index is 0.0180. The smallest absolute Gasteiger partial charge is 0.251 e. The van der Waals surface area contributed by atoms with E-state index in [-0.39, 0.29) is 5.91 Å². The monoisotopic (exact) mass is 324 g/mol. The molecule has 1 aliphatic rings. The number of nitrogens with one attached hydrogen (secondary N) is 1. The Morgan fingerprint density at radius 2 is 2.16 bits per heavy atom. The van der Waals surface area contributed by atoms with Crippen LogP contribution in [0.15, 0.2) is 18.3 Å². The lowest BCUT2D eigenvalue weighted by Gasteiger charge is -2.30. The molecule has 0 saturated heterocycles. The molecule has 4 heteroatoms. The second kappa shape index (κ2) is 7.04. The van der Waals surface area contributed by atoms with Crippen LogP contribution in [-0.4, -0.2) is 22.8 Å². The third kappa shape index (κ3) is 4.03. The number of amides is 1. The Bertz CT molecular complexity index is 436. The quantitative estimate of drug-likeness (QED) is 0.863. The molecule has 1 N–H and O–H groups in total. The van der Waals surface area contributed by atoms with Crippen LogP contribution in [0, 0.1) is 18.8 Å². The van der Waals surface area contributed by atoms with Crippen LogP contribution < -0.4 is 5.32 Å². The SMILES string of the molecule is Cc1cc(C(=O)NCC2CCCCC2CBr)ccn1. The zero-order valence-corrected chi connectivity index (χ0v) is 12.9. The van der Waals surface area contributed by atoms with Crippen LogP contribution in [0.1, 0.15) is 41.7 Å². The zero-order valence-electron chi connectivity index (χ0n) is 11.4. The topological polar surface area (TPSA) is 42.0 Å². The number of hydrogen-bond acceptors (Lipinski definition) is 2. The third-order valence-corrected chi connectivity index (χ3v) is 4.78. The average molecular weight is 325 g/mol. The van der Waals surface area contributed by atoms with Crippen LogP contribution in [0.25, 0.3) is 0 Å². The number of carbonyl (C=O) groups excluding carboxylic acids is 1. The summed E-state index contributed by atoms with van der Waals surface area (Å²) >= 11 is 3.59. The molecular weight excluding hydrogens is 304 g/mol. The largest absolute Gasteiger partial charge is 0.352 e. The number of halogens is 1. The van der Waals surface area contributed by atoms with Gasteiger partial charge in [0.05, 0.1) is 0 Å². The molecule has 19 heavy (non-hydrogen) atoms. The van der Waals surface area contributed by atoms with E-state index in [9.17, 15) is 4.79 Å². The molecular formula is C15H21BrN2O. The van der Waals surface area contributed by atoms with Gasteiger partial charge in [-0.15, -0.1) is 0 Å². The van der Waals surface area contributed by atoms with Crippen molar-refractivity contribution in [1.82, 2.24) is 10.3 Å². The van der Waals surface area contributed by atoms with Gasteiger partial charge < -0.3 is 5.32 Å². The molecule has 1 heterocycles. The van der Waals surface area contributed by atoms with Crippen LogP contribution in [0.3, 0.4) is 0 Å². The minimum atomic E-state index is 0.0180. The average Bonchev–Trinajstić information content (AvgIpc) is 2.45. The second-order valence-corrected chi connectivity index (χ2v) is 6.00. The van der Waals surface area contributed by atoms with E-state index in [0.29, 0.717) is 17.4 Å². The zero-order chi connectivity index (χ0) is 13.7. The summed E-state index contributed by atoms with van der Waals surface area (Å²) < 4.78 is 0. The van der Waals surface area contributed by atoms with E-state index in [1.165, 1.54) is 25.7 Å². The van der Waals surface area contributed by atoms with Gasteiger partial charge in [-0.05, 0) is 43.7 Å². The highest BCUT2D eigenvalue weighted by Crippen LogP contribution is 2.30. The Labute approximate surface area is 123 Å². The molecule has 1 aromatic heterocycles. The molecule has 1 amide bonds. The van der Waals surface area contributed by atoms with Gasteiger partial charge in [0.15, 0.2) is 0 Å². The number of carbonyl (C=O) groups is 1. The molecule has 1 aliphatic carbocycles. The Hall–Kier alpha value is -0.900. The van der Waals surface area contributed by atoms with Crippen molar-refractivity contribution in [2.75, 3.05) is 11.9 Å². The minimum Gasteiger partial charge on any atom is -0.352 e. The van der Waals surface area contributed by atoms with Crippen LogP contribution in [0.4, 0.5) is 0 Å². The van der Waals surface area contributed by atoms with Crippen LogP contribution in [0.5, 0.6) is 0 Å². The first-order chi connectivity index (χ1) is 9.20. The fraction of sp³-hybridized carbons (Fsp3) is 0.600. The third-order valence-electron chi connectivity index (χ3n) is 3.95. The van der Waals surface area contributed by atoms with Gasteiger partial charge in [-0.3, -0.25) is 9.78 Å². The predicted octanol–water partition coefficient (Wildman–Crippen LogP) is 3.32. The first-order valence-corrected chi connectivity index (χ1v) is 8.09. The van der Waals surface area contributed by atoms with Crippen molar-refractivity contribution in [2.45, 2.75) is 32.6 Å². The van der Waals surface area contributed by atoms with Crippen LogP contribution >= 0.6 is 15.9 Å². The van der Waals surface area contributed by atoms with E-state index in [4.69, 9.17) is 0 Å². The van der Waals surface area contributed by atoms with Crippen molar-refractivity contribution in [1.29, 1.82) is 0 Å². The lowest BCUT2D eigenvalue weighted by atomic mass is 9.80. The van der Waals surface area contributed by atoms with Crippen molar-refractivity contribution in [3.05, 3.63) is 29.6 Å². The van der Waals surface area contributed by atoms with Gasteiger partial charge in [0.1, 0.15) is 0 Å². The summed E-state index contributed by atoms with van der Waals surface area (Å²) in [6, 6.07) is 3.60. The van der Waals surface area contributed by atoms with E-state index in [1.807, 2.05) is 13.0 Å². The predicted molar refractivity (Wildman–Crippen MR) is 80.5 cm³/mol. The van der Waals surface area contributed by atoms with Crippen molar-refractivity contribution in [3.63, 3.8) is 0 Å². The van der Waals surface area contributed by atoms with Crippen molar-refractivity contribution >= 4 is 21.8 Å². The molecule has 2 unspecified atom stereocenters. The highest BCUT2D eigenvalue weighted by Gasteiger charge is 2.24. The highest BCUT2D eigenvalue weighted by atomic mass is 79.9. The van der Waals surface area contributed by atoms with Crippen LogP contribution in [-0.2, 0) is 0 Å². The summed E-state index contributed by atoms with van der Waals surface area (Å²) in [7, 11) is 0. The number of nitrogens with zero attached hydrogens (tertiary/aromatic N) is 1.